The van der Waals surface area contributed by atoms with Crippen molar-refractivity contribution in [3.63, 3.8) is 0 Å². The standard InChI is InChI=1S/C12H12Br3N3O5/c1-2-17-11(20)5-7(13)6(12(21)22)9(15)10(8(5)14)18(23)4(19)3-16/h23H,2-3,16H2,1H3,(H,17,20)(H,21,22). The fourth-order valence-corrected chi connectivity index (χ4v) is 4.71. The zero-order chi connectivity index (χ0) is 17.9. The van der Waals surface area contributed by atoms with Crippen molar-refractivity contribution in [2.45, 2.75) is 6.92 Å². The summed E-state index contributed by atoms with van der Waals surface area (Å²) in [5, 5.41) is 22.1. The molecule has 1 aromatic carbocycles. The first kappa shape index (κ1) is 20.0. The van der Waals surface area contributed by atoms with Gasteiger partial charge in [-0.1, -0.05) is 0 Å². The van der Waals surface area contributed by atoms with Crippen molar-refractivity contribution in [1.29, 1.82) is 0 Å². The van der Waals surface area contributed by atoms with Crippen LogP contribution in [0.25, 0.3) is 0 Å². The predicted octanol–water partition coefficient (Wildman–Crippen LogP) is 2.10. The van der Waals surface area contributed by atoms with Gasteiger partial charge in [0.25, 0.3) is 11.8 Å². The van der Waals surface area contributed by atoms with Crippen LogP contribution in [-0.2, 0) is 4.79 Å². The highest BCUT2D eigenvalue weighted by molar-refractivity contribution is 9.11. The van der Waals surface area contributed by atoms with E-state index >= 15 is 0 Å². The summed E-state index contributed by atoms with van der Waals surface area (Å²) < 4.78 is -0.0790. The Hall–Kier alpha value is -1.01. The van der Waals surface area contributed by atoms with Gasteiger partial charge < -0.3 is 16.2 Å². The van der Waals surface area contributed by atoms with Gasteiger partial charge in [0.2, 0.25) is 0 Å². The number of carboxylic acids is 1. The van der Waals surface area contributed by atoms with E-state index in [1.807, 2.05) is 0 Å². The first-order valence-electron chi connectivity index (χ1n) is 6.12. The molecule has 0 atom stereocenters. The molecule has 0 radical (unpaired) electrons. The summed E-state index contributed by atoms with van der Waals surface area (Å²) in [6, 6.07) is 0. The number of carbonyl (C=O) groups is 3. The highest BCUT2D eigenvalue weighted by Gasteiger charge is 2.31. The van der Waals surface area contributed by atoms with E-state index < -0.39 is 24.3 Å². The third kappa shape index (κ3) is 3.91. The van der Waals surface area contributed by atoms with E-state index in [0.29, 0.717) is 6.54 Å². The number of nitrogens with zero attached hydrogens (tertiary/aromatic N) is 1. The molecular formula is C12H12Br3N3O5. The minimum absolute atomic E-state index is 0.00736. The van der Waals surface area contributed by atoms with Crippen LogP contribution in [0.3, 0.4) is 0 Å². The van der Waals surface area contributed by atoms with Crippen LogP contribution in [0.4, 0.5) is 5.69 Å². The summed E-state index contributed by atoms with van der Waals surface area (Å²) >= 11 is 9.24. The summed E-state index contributed by atoms with van der Waals surface area (Å²) in [6.07, 6.45) is 0. The Balaban J connectivity index is 3.80. The number of anilines is 1. The van der Waals surface area contributed by atoms with Gasteiger partial charge in [0.15, 0.2) is 0 Å². The zero-order valence-corrected chi connectivity index (χ0v) is 16.4. The highest BCUT2D eigenvalue weighted by Crippen LogP contribution is 2.43. The number of hydrogen-bond acceptors (Lipinski definition) is 5. The quantitative estimate of drug-likeness (QED) is 0.349. The average molecular weight is 518 g/mol. The molecule has 2 amide bonds. The van der Waals surface area contributed by atoms with Crippen molar-refractivity contribution in [2.24, 2.45) is 5.73 Å². The first-order chi connectivity index (χ1) is 10.7. The van der Waals surface area contributed by atoms with Gasteiger partial charge in [-0.25, -0.2) is 4.79 Å². The molecule has 0 aliphatic carbocycles. The Labute approximate surface area is 156 Å². The van der Waals surface area contributed by atoms with E-state index in [0.717, 1.165) is 0 Å². The Morgan fingerprint density at radius 3 is 2.09 bits per heavy atom. The third-order valence-electron chi connectivity index (χ3n) is 2.69. The second kappa shape index (κ2) is 8.20. The number of aromatic carboxylic acids is 1. The van der Waals surface area contributed by atoms with Crippen molar-refractivity contribution in [3.05, 3.63) is 24.5 Å². The van der Waals surface area contributed by atoms with Gasteiger partial charge in [0.1, 0.15) is 5.69 Å². The first-order valence-corrected chi connectivity index (χ1v) is 8.50. The maximum Gasteiger partial charge on any atom is 0.338 e. The van der Waals surface area contributed by atoms with Gasteiger partial charge in [-0.2, -0.15) is 5.06 Å². The summed E-state index contributed by atoms with van der Waals surface area (Å²) in [6.45, 7) is 1.48. The normalized spacial score (nSPS) is 10.3. The van der Waals surface area contributed by atoms with Crippen LogP contribution < -0.4 is 16.1 Å². The predicted molar refractivity (Wildman–Crippen MR) is 92.8 cm³/mol. The molecule has 8 nitrogen and oxygen atoms in total. The van der Waals surface area contributed by atoms with Crippen LogP contribution in [0.1, 0.15) is 27.6 Å². The number of halogens is 3. The Morgan fingerprint density at radius 1 is 1.13 bits per heavy atom. The van der Waals surface area contributed by atoms with Crippen LogP contribution in [0, 0.1) is 0 Å². The molecule has 1 aromatic rings. The topological polar surface area (TPSA) is 133 Å². The minimum Gasteiger partial charge on any atom is -0.478 e. The Kier molecular flexibility index (Phi) is 7.14. The lowest BCUT2D eigenvalue weighted by atomic mass is 10.1. The molecule has 0 unspecified atom stereocenters. The molecule has 126 valence electrons. The molecule has 0 saturated carbocycles. The molecule has 0 heterocycles. The number of nitrogens with two attached hydrogens (primary N) is 1. The van der Waals surface area contributed by atoms with Gasteiger partial charge in [-0.3, -0.25) is 14.8 Å². The lowest BCUT2D eigenvalue weighted by Gasteiger charge is -2.22. The van der Waals surface area contributed by atoms with E-state index in [4.69, 9.17) is 5.73 Å². The number of benzene rings is 1. The number of hydroxylamine groups is 1. The van der Waals surface area contributed by atoms with Crippen LogP contribution in [0.5, 0.6) is 0 Å². The number of amides is 2. The summed E-state index contributed by atoms with van der Waals surface area (Å²) in [5.41, 5.74) is 4.56. The van der Waals surface area contributed by atoms with Crippen LogP contribution >= 0.6 is 47.8 Å². The van der Waals surface area contributed by atoms with Crippen molar-refractivity contribution in [2.75, 3.05) is 18.2 Å². The van der Waals surface area contributed by atoms with E-state index in [1.54, 1.807) is 6.92 Å². The number of carbonyl (C=O) groups excluding carboxylic acids is 2. The largest absolute Gasteiger partial charge is 0.478 e. The zero-order valence-electron chi connectivity index (χ0n) is 11.7. The Bertz CT molecular complexity index is 681. The molecule has 23 heavy (non-hydrogen) atoms. The van der Waals surface area contributed by atoms with Gasteiger partial charge in [-0.15, -0.1) is 0 Å². The molecule has 0 aliphatic heterocycles. The second-order valence-electron chi connectivity index (χ2n) is 4.11. The molecule has 0 aromatic heterocycles. The van der Waals surface area contributed by atoms with Crippen LogP contribution in [0.2, 0.25) is 0 Å². The van der Waals surface area contributed by atoms with Crippen LogP contribution in [0.15, 0.2) is 13.4 Å². The molecular weight excluding hydrogens is 506 g/mol. The molecule has 0 aliphatic rings. The Morgan fingerprint density at radius 2 is 1.65 bits per heavy atom. The van der Waals surface area contributed by atoms with Crippen molar-refractivity contribution in [1.82, 2.24) is 5.32 Å². The number of nitrogens with one attached hydrogen (secondary N) is 1. The van der Waals surface area contributed by atoms with E-state index in [2.05, 4.69) is 53.1 Å². The molecule has 0 bridgehead atoms. The van der Waals surface area contributed by atoms with E-state index in [1.165, 1.54) is 0 Å². The number of carboxylic acid groups (broad SMARTS) is 1. The van der Waals surface area contributed by atoms with Crippen molar-refractivity contribution >= 4 is 71.3 Å². The van der Waals surface area contributed by atoms with Gasteiger partial charge >= 0.3 is 5.97 Å². The van der Waals surface area contributed by atoms with E-state index in [-0.39, 0.29) is 35.3 Å². The fourth-order valence-electron chi connectivity index (χ4n) is 1.68. The summed E-state index contributed by atoms with van der Waals surface area (Å²) in [7, 11) is 0. The van der Waals surface area contributed by atoms with E-state index in [9.17, 15) is 24.7 Å². The van der Waals surface area contributed by atoms with Gasteiger partial charge in [-0.05, 0) is 54.7 Å². The number of rotatable bonds is 5. The van der Waals surface area contributed by atoms with Gasteiger partial charge in [0, 0.05) is 11.0 Å². The molecule has 11 heteroatoms. The van der Waals surface area contributed by atoms with Crippen molar-refractivity contribution in [3.8, 4) is 0 Å². The summed E-state index contributed by atoms with van der Waals surface area (Å²) in [4.78, 5) is 35.3. The second-order valence-corrected chi connectivity index (χ2v) is 6.49. The molecule has 0 saturated heterocycles. The van der Waals surface area contributed by atoms with Crippen LogP contribution in [-0.4, -0.2) is 41.2 Å². The third-order valence-corrected chi connectivity index (χ3v) is 5.03. The molecule has 0 fully saturated rings. The minimum atomic E-state index is -1.36. The molecule has 5 N–H and O–H groups in total. The smallest absolute Gasteiger partial charge is 0.338 e. The lowest BCUT2D eigenvalue weighted by molar-refractivity contribution is -0.122. The SMILES string of the molecule is CCNC(=O)c1c(Br)c(C(=O)O)c(Br)c(N(O)C(=O)CN)c1Br. The number of hydrogen-bond donors (Lipinski definition) is 4. The maximum atomic E-state index is 12.2. The highest BCUT2D eigenvalue weighted by atomic mass is 79.9. The van der Waals surface area contributed by atoms with Crippen molar-refractivity contribution < 1.29 is 24.7 Å². The average Bonchev–Trinajstić information content (AvgIpc) is 2.45. The monoisotopic (exact) mass is 515 g/mol. The van der Waals surface area contributed by atoms with Gasteiger partial charge in [0.05, 0.1) is 26.6 Å². The molecule has 0 spiro atoms. The molecule has 1 rings (SSSR count). The lowest BCUT2D eigenvalue weighted by Crippen LogP contribution is -2.34. The fraction of sp³-hybridized carbons (Fsp3) is 0.250. The summed E-state index contributed by atoms with van der Waals surface area (Å²) in [5.74, 6) is -2.83. The maximum absolute atomic E-state index is 12.2.